The Morgan fingerprint density at radius 3 is 2.19 bits per heavy atom. The second-order valence-corrected chi connectivity index (χ2v) is 9.30. The molecule has 31 heavy (non-hydrogen) atoms. The van der Waals surface area contributed by atoms with E-state index in [9.17, 15) is 13.2 Å². The van der Waals surface area contributed by atoms with Gasteiger partial charge in [-0.25, -0.2) is 8.42 Å². The number of carbonyl (C=O) groups excluding carboxylic acids is 1. The lowest BCUT2D eigenvalue weighted by Gasteiger charge is -2.30. The van der Waals surface area contributed by atoms with Crippen molar-refractivity contribution >= 4 is 21.6 Å². The number of rotatable bonds is 11. The number of ether oxygens (including phenoxy) is 1. The van der Waals surface area contributed by atoms with Crippen molar-refractivity contribution in [3.05, 3.63) is 59.2 Å². The molecule has 0 saturated carbocycles. The summed E-state index contributed by atoms with van der Waals surface area (Å²) >= 11 is 0. The number of anilines is 1. The second-order valence-electron chi connectivity index (χ2n) is 7.44. The molecule has 2 aromatic carbocycles. The van der Waals surface area contributed by atoms with Gasteiger partial charge in [0, 0.05) is 6.54 Å². The van der Waals surface area contributed by atoms with Gasteiger partial charge < -0.3 is 10.1 Å². The summed E-state index contributed by atoms with van der Waals surface area (Å²) in [5, 5.41) is 2.96. The molecule has 2 rings (SSSR count). The van der Waals surface area contributed by atoms with Crippen LogP contribution in [0.2, 0.25) is 0 Å². The highest BCUT2D eigenvalue weighted by molar-refractivity contribution is 7.92. The first kappa shape index (κ1) is 24.7. The van der Waals surface area contributed by atoms with Gasteiger partial charge in [-0.15, -0.1) is 0 Å². The van der Waals surface area contributed by atoms with Crippen LogP contribution in [-0.4, -0.2) is 33.2 Å². The Hall–Kier alpha value is -2.54. The molecule has 0 fully saturated rings. The minimum absolute atomic E-state index is 0.314. The lowest BCUT2D eigenvalue weighted by atomic mass is 10.0. The number of hydrogen-bond acceptors (Lipinski definition) is 4. The predicted octanol–water partition coefficient (Wildman–Crippen LogP) is 4.07. The quantitative estimate of drug-likeness (QED) is 0.565. The number of benzene rings is 2. The van der Waals surface area contributed by atoms with Crippen LogP contribution in [0.25, 0.3) is 0 Å². The normalized spacial score (nSPS) is 12.3. The number of sulfonamides is 1. The smallest absolute Gasteiger partial charge is 0.244 e. The fraction of sp³-hybridized carbons (Fsp3) is 0.458. The van der Waals surface area contributed by atoms with Crippen LogP contribution >= 0.6 is 0 Å². The van der Waals surface area contributed by atoms with Crippen LogP contribution in [-0.2, 0) is 34.2 Å². The standard InChI is InChI=1S/C24H34N2O4S/c1-6-18-10-11-19(7-2)20(16-18)17-25-24(27)23(8-3)26(31(5,28)29)21-12-14-22(15-13-21)30-9-4/h10-16,23H,6-9,17H2,1-5H3,(H,25,27)/t23-/m0/s1. The topological polar surface area (TPSA) is 75.7 Å². The molecule has 0 heterocycles. The average molecular weight is 447 g/mol. The summed E-state index contributed by atoms with van der Waals surface area (Å²) in [7, 11) is -3.67. The van der Waals surface area contributed by atoms with Crippen molar-refractivity contribution in [2.24, 2.45) is 0 Å². The molecule has 170 valence electrons. The minimum atomic E-state index is -3.67. The van der Waals surface area contributed by atoms with E-state index in [-0.39, 0.29) is 5.91 Å². The molecule has 0 saturated heterocycles. The molecule has 2 aromatic rings. The second kappa shape index (κ2) is 11.2. The molecule has 0 aromatic heterocycles. The summed E-state index contributed by atoms with van der Waals surface area (Å²) in [6, 6.07) is 12.2. The van der Waals surface area contributed by atoms with E-state index in [0.29, 0.717) is 31.0 Å². The van der Waals surface area contributed by atoms with E-state index in [4.69, 9.17) is 4.74 Å². The van der Waals surface area contributed by atoms with Crippen LogP contribution < -0.4 is 14.4 Å². The molecule has 0 aliphatic rings. The first-order valence-corrected chi connectivity index (χ1v) is 12.7. The van der Waals surface area contributed by atoms with Crippen molar-refractivity contribution in [1.82, 2.24) is 5.32 Å². The van der Waals surface area contributed by atoms with E-state index in [2.05, 4.69) is 37.4 Å². The Balaban J connectivity index is 2.27. The Labute approximate surface area is 186 Å². The number of aryl methyl sites for hydroxylation is 2. The molecule has 0 spiro atoms. The third-order valence-electron chi connectivity index (χ3n) is 5.24. The number of nitrogens with zero attached hydrogens (tertiary/aromatic N) is 1. The third kappa shape index (κ3) is 6.47. The van der Waals surface area contributed by atoms with E-state index >= 15 is 0 Å². The largest absolute Gasteiger partial charge is 0.494 e. The van der Waals surface area contributed by atoms with Crippen molar-refractivity contribution in [3.8, 4) is 5.75 Å². The monoisotopic (exact) mass is 446 g/mol. The van der Waals surface area contributed by atoms with E-state index < -0.39 is 16.1 Å². The Bertz CT molecular complexity index is 972. The number of nitrogens with one attached hydrogen (secondary N) is 1. The predicted molar refractivity (Wildman–Crippen MR) is 126 cm³/mol. The maximum atomic E-state index is 13.1. The summed E-state index contributed by atoms with van der Waals surface area (Å²) in [5.41, 5.74) is 3.89. The van der Waals surface area contributed by atoms with E-state index in [1.807, 2.05) is 13.8 Å². The summed E-state index contributed by atoms with van der Waals surface area (Å²) < 4.78 is 31.9. The van der Waals surface area contributed by atoms with Crippen LogP contribution in [0, 0.1) is 0 Å². The van der Waals surface area contributed by atoms with E-state index in [1.165, 1.54) is 15.4 Å². The fourth-order valence-corrected chi connectivity index (χ4v) is 4.84. The molecule has 0 radical (unpaired) electrons. The van der Waals surface area contributed by atoms with Gasteiger partial charge in [0.15, 0.2) is 0 Å². The van der Waals surface area contributed by atoms with Crippen LogP contribution in [0.4, 0.5) is 5.69 Å². The molecule has 1 atom stereocenters. The van der Waals surface area contributed by atoms with Crippen LogP contribution in [0.5, 0.6) is 5.75 Å². The first-order valence-electron chi connectivity index (χ1n) is 10.9. The molecular weight excluding hydrogens is 412 g/mol. The van der Waals surface area contributed by atoms with E-state index in [1.54, 1.807) is 24.3 Å². The van der Waals surface area contributed by atoms with Gasteiger partial charge in [0.05, 0.1) is 18.6 Å². The SMILES string of the molecule is CCOc1ccc(N([C@@H](CC)C(=O)NCc2cc(CC)ccc2CC)S(C)(=O)=O)cc1. The molecule has 0 unspecified atom stereocenters. The van der Waals surface area contributed by atoms with Crippen LogP contribution in [0.3, 0.4) is 0 Å². The number of hydrogen-bond donors (Lipinski definition) is 1. The van der Waals surface area contributed by atoms with Crippen LogP contribution in [0.15, 0.2) is 42.5 Å². The van der Waals surface area contributed by atoms with Crippen LogP contribution in [0.1, 0.15) is 50.8 Å². The highest BCUT2D eigenvalue weighted by Crippen LogP contribution is 2.25. The first-order chi connectivity index (χ1) is 14.7. The summed E-state index contributed by atoms with van der Waals surface area (Å²) in [6.07, 6.45) is 3.26. The number of amides is 1. The molecular formula is C24H34N2O4S. The molecule has 7 heteroatoms. The lowest BCUT2D eigenvalue weighted by molar-refractivity contribution is -0.122. The zero-order valence-electron chi connectivity index (χ0n) is 19.1. The van der Waals surface area contributed by atoms with E-state index in [0.717, 1.165) is 24.7 Å². The molecule has 0 aliphatic heterocycles. The van der Waals surface area contributed by atoms with Gasteiger partial charge in [-0.1, -0.05) is 39.0 Å². The molecule has 1 N–H and O–H groups in total. The zero-order valence-corrected chi connectivity index (χ0v) is 20.0. The van der Waals surface area contributed by atoms with Gasteiger partial charge in [0.1, 0.15) is 11.8 Å². The molecule has 0 aliphatic carbocycles. The van der Waals surface area contributed by atoms with Crippen molar-refractivity contribution in [2.45, 2.75) is 59.5 Å². The maximum absolute atomic E-state index is 13.1. The molecule has 6 nitrogen and oxygen atoms in total. The van der Waals surface area contributed by atoms with Gasteiger partial charge in [-0.2, -0.15) is 0 Å². The van der Waals surface area contributed by atoms with Gasteiger partial charge in [-0.3, -0.25) is 9.10 Å². The third-order valence-corrected chi connectivity index (χ3v) is 6.42. The van der Waals surface area contributed by atoms with Gasteiger partial charge in [0.2, 0.25) is 15.9 Å². The highest BCUT2D eigenvalue weighted by Gasteiger charge is 2.31. The molecule has 1 amide bonds. The summed E-state index contributed by atoms with van der Waals surface area (Å²) in [5.74, 6) is 0.339. The lowest BCUT2D eigenvalue weighted by Crippen LogP contribution is -2.49. The zero-order chi connectivity index (χ0) is 23.0. The van der Waals surface area contributed by atoms with Crippen molar-refractivity contribution in [2.75, 3.05) is 17.2 Å². The average Bonchev–Trinajstić information content (AvgIpc) is 2.75. The Morgan fingerprint density at radius 2 is 1.68 bits per heavy atom. The number of carbonyl (C=O) groups is 1. The van der Waals surface area contributed by atoms with Gasteiger partial charge in [0.25, 0.3) is 0 Å². The van der Waals surface area contributed by atoms with Crippen molar-refractivity contribution in [1.29, 1.82) is 0 Å². The Morgan fingerprint density at radius 1 is 1.00 bits per heavy atom. The van der Waals surface area contributed by atoms with Crippen molar-refractivity contribution < 1.29 is 17.9 Å². The highest BCUT2D eigenvalue weighted by atomic mass is 32.2. The maximum Gasteiger partial charge on any atom is 0.244 e. The minimum Gasteiger partial charge on any atom is -0.494 e. The van der Waals surface area contributed by atoms with Crippen molar-refractivity contribution in [3.63, 3.8) is 0 Å². The Kier molecular flexibility index (Phi) is 8.92. The summed E-state index contributed by atoms with van der Waals surface area (Å²) in [6.45, 7) is 8.76. The molecule has 0 bridgehead atoms. The van der Waals surface area contributed by atoms with Gasteiger partial charge >= 0.3 is 0 Å². The fourth-order valence-electron chi connectivity index (χ4n) is 3.63. The summed E-state index contributed by atoms with van der Waals surface area (Å²) in [4.78, 5) is 13.1. The van der Waals surface area contributed by atoms with Gasteiger partial charge in [-0.05, 0) is 67.1 Å².